The maximum absolute atomic E-state index is 14.5. The van der Waals surface area contributed by atoms with Crippen molar-refractivity contribution in [1.29, 1.82) is 0 Å². The Hall–Kier alpha value is -3.85. The van der Waals surface area contributed by atoms with Gasteiger partial charge in [0.05, 0.1) is 10.6 Å². The zero-order chi connectivity index (χ0) is 32.6. The minimum absolute atomic E-state index is 0.0424. The number of rotatable bonds is 13. The van der Waals surface area contributed by atoms with Gasteiger partial charge >= 0.3 is 0 Å². The highest BCUT2D eigenvalue weighted by Gasteiger charge is 2.35. The number of amides is 2. The number of carbonyl (C=O) groups excluding carboxylic acids is 2. The van der Waals surface area contributed by atoms with Crippen LogP contribution >= 0.6 is 23.2 Å². The van der Waals surface area contributed by atoms with Gasteiger partial charge in [0.2, 0.25) is 11.8 Å². The van der Waals surface area contributed by atoms with E-state index >= 15 is 0 Å². The summed E-state index contributed by atoms with van der Waals surface area (Å²) in [6.45, 7) is 5.03. The van der Waals surface area contributed by atoms with Crippen molar-refractivity contribution in [3.63, 3.8) is 0 Å². The lowest BCUT2D eigenvalue weighted by atomic mass is 10.0. The fraction of sp³-hybridized carbons (Fsp3) is 0.257. The van der Waals surface area contributed by atoms with Crippen molar-refractivity contribution in [3.8, 4) is 0 Å². The molecule has 0 aromatic heterocycles. The van der Waals surface area contributed by atoms with E-state index < -0.39 is 28.5 Å². The minimum atomic E-state index is -4.18. The second-order valence-electron chi connectivity index (χ2n) is 10.9. The molecule has 7 nitrogen and oxygen atoms in total. The number of hydrogen-bond donors (Lipinski definition) is 1. The zero-order valence-electron chi connectivity index (χ0n) is 25.5. The highest BCUT2D eigenvalue weighted by molar-refractivity contribution is 7.92. The molecule has 2 amide bonds. The minimum Gasteiger partial charge on any atom is -0.352 e. The van der Waals surface area contributed by atoms with Crippen LogP contribution in [0.15, 0.2) is 108 Å². The third-order valence-corrected chi connectivity index (χ3v) is 10.1. The van der Waals surface area contributed by atoms with Crippen molar-refractivity contribution in [2.75, 3.05) is 10.8 Å². The van der Waals surface area contributed by atoms with Crippen molar-refractivity contribution in [2.45, 2.75) is 57.1 Å². The molecule has 0 saturated carbocycles. The topological polar surface area (TPSA) is 86.8 Å². The van der Waals surface area contributed by atoms with Gasteiger partial charge in [0.15, 0.2) is 0 Å². The van der Waals surface area contributed by atoms with E-state index in [9.17, 15) is 18.0 Å². The Labute approximate surface area is 275 Å². The van der Waals surface area contributed by atoms with Gasteiger partial charge in [0.1, 0.15) is 12.6 Å². The van der Waals surface area contributed by atoms with Gasteiger partial charge in [0, 0.05) is 34.6 Å². The van der Waals surface area contributed by atoms with Crippen LogP contribution in [0, 0.1) is 6.92 Å². The molecule has 4 rings (SSSR count). The van der Waals surface area contributed by atoms with Crippen LogP contribution in [0.25, 0.3) is 0 Å². The number of carbonyl (C=O) groups is 2. The van der Waals surface area contributed by atoms with Crippen molar-refractivity contribution in [1.82, 2.24) is 10.2 Å². The predicted octanol–water partition coefficient (Wildman–Crippen LogP) is 7.05. The van der Waals surface area contributed by atoms with E-state index in [0.29, 0.717) is 27.7 Å². The lowest BCUT2D eigenvalue weighted by molar-refractivity contribution is -0.140. The molecule has 0 aliphatic carbocycles. The number of aryl methyl sites for hydroxylation is 1. The summed E-state index contributed by atoms with van der Waals surface area (Å²) >= 11 is 13.1. The summed E-state index contributed by atoms with van der Waals surface area (Å²) in [5, 5.41) is 3.67. The number of para-hydroxylation sites is 1. The van der Waals surface area contributed by atoms with E-state index in [1.165, 1.54) is 17.0 Å². The molecule has 0 unspecified atom stereocenters. The van der Waals surface area contributed by atoms with Crippen molar-refractivity contribution in [2.24, 2.45) is 0 Å². The number of hydrogen-bond acceptors (Lipinski definition) is 4. The summed E-state index contributed by atoms with van der Waals surface area (Å²) in [6, 6.07) is 28.1. The van der Waals surface area contributed by atoms with Crippen LogP contribution in [0.4, 0.5) is 5.69 Å². The molecule has 0 radical (unpaired) electrons. The van der Waals surface area contributed by atoms with Crippen molar-refractivity contribution in [3.05, 3.63) is 130 Å². The molecule has 0 aliphatic rings. The summed E-state index contributed by atoms with van der Waals surface area (Å²) < 4.78 is 29.2. The largest absolute Gasteiger partial charge is 0.352 e. The van der Waals surface area contributed by atoms with E-state index in [1.807, 2.05) is 51.1 Å². The summed E-state index contributed by atoms with van der Waals surface area (Å²) in [7, 11) is -4.18. The summed E-state index contributed by atoms with van der Waals surface area (Å²) in [4.78, 5) is 29.9. The number of benzene rings is 4. The second kappa shape index (κ2) is 15.4. The maximum atomic E-state index is 14.5. The molecule has 236 valence electrons. The lowest BCUT2D eigenvalue weighted by Crippen LogP contribution is -2.54. The molecule has 45 heavy (non-hydrogen) atoms. The van der Waals surface area contributed by atoms with E-state index in [4.69, 9.17) is 23.2 Å². The molecule has 0 spiro atoms. The van der Waals surface area contributed by atoms with Crippen LogP contribution in [0.5, 0.6) is 0 Å². The van der Waals surface area contributed by atoms with Crippen LogP contribution in [0.3, 0.4) is 0 Å². The van der Waals surface area contributed by atoms with E-state index in [2.05, 4.69) is 5.32 Å². The van der Waals surface area contributed by atoms with E-state index in [0.717, 1.165) is 15.4 Å². The Bertz CT molecular complexity index is 1680. The average Bonchev–Trinajstić information content (AvgIpc) is 3.03. The molecule has 10 heteroatoms. The van der Waals surface area contributed by atoms with Gasteiger partial charge in [0.25, 0.3) is 10.0 Å². The van der Waals surface area contributed by atoms with Gasteiger partial charge in [-0.15, -0.1) is 0 Å². The monoisotopic (exact) mass is 665 g/mol. The second-order valence-corrected chi connectivity index (χ2v) is 13.6. The molecule has 0 aliphatic heterocycles. The highest BCUT2D eigenvalue weighted by atomic mass is 35.5. The van der Waals surface area contributed by atoms with Crippen molar-refractivity contribution < 1.29 is 18.0 Å². The predicted molar refractivity (Wildman–Crippen MR) is 181 cm³/mol. The Morgan fingerprint density at radius 1 is 0.822 bits per heavy atom. The summed E-state index contributed by atoms with van der Waals surface area (Å²) in [5.74, 6) is -0.955. The van der Waals surface area contributed by atoms with Gasteiger partial charge in [-0.25, -0.2) is 8.42 Å². The summed E-state index contributed by atoms with van der Waals surface area (Å²) in [6.07, 6.45) is 0.873. The SMILES string of the molecule is CC[C@H](C)NC(=O)[C@@H](Cc1ccccc1)N(Cc1c(Cl)cccc1Cl)C(=O)CN(c1ccccc1)S(=O)(=O)c1ccc(C)cc1. The van der Waals surface area contributed by atoms with Gasteiger partial charge in [-0.2, -0.15) is 0 Å². The fourth-order valence-corrected chi connectivity index (χ4v) is 6.74. The quantitative estimate of drug-likeness (QED) is 0.166. The number of nitrogens with zero attached hydrogens (tertiary/aromatic N) is 2. The first kappa shape index (κ1) is 34.0. The molecule has 1 N–H and O–H groups in total. The molecule has 0 fully saturated rings. The Balaban J connectivity index is 1.82. The molecule has 0 saturated heterocycles. The highest BCUT2D eigenvalue weighted by Crippen LogP contribution is 2.29. The molecular formula is C35H37Cl2N3O4S. The van der Waals surface area contributed by atoms with E-state index in [1.54, 1.807) is 60.7 Å². The van der Waals surface area contributed by atoms with Crippen LogP contribution < -0.4 is 9.62 Å². The third kappa shape index (κ3) is 8.66. The summed E-state index contributed by atoms with van der Waals surface area (Å²) in [5.41, 5.74) is 2.49. The van der Waals surface area contributed by atoms with Gasteiger partial charge in [-0.3, -0.25) is 13.9 Å². The number of nitrogens with one attached hydrogen (secondary N) is 1. The zero-order valence-corrected chi connectivity index (χ0v) is 27.8. The molecule has 4 aromatic rings. The average molecular weight is 667 g/mol. The Morgan fingerprint density at radius 3 is 1.98 bits per heavy atom. The molecule has 0 heterocycles. The van der Waals surface area contributed by atoms with Crippen LogP contribution in [-0.4, -0.2) is 43.8 Å². The molecular weight excluding hydrogens is 629 g/mol. The van der Waals surface area contributed by atoms with E-state index in [-0.39, 0.29) is 29.8 Å². The number of anilines is 1. The first-order valence-corrected chi connectivity index (χ1v) is 16.9. The third-order valence-electron chi connectivity index (χ3n) is 7.59. The Kier molecular flexibility index (Phi) is 11.7. The Morgan fingerprint density at radius 2 is 1.40 bits per heavy atom. The number of halogens is 2. The standard InChI is InChI=1S/C35H37Cl2N3O4S/c1-4-26(3)38-35(42)33(22-27-12-7-5-8-13-27)39(23-30-31(36)16-11-17-32(30)37)34(41)24-40(28-14-9-6-10-15-28)45(43,44)29-20-18-25(2)19-21-29/h5-21,26,33H,4,22-24H2,1-3H3,(H,38,42)/t26-,33+/m0/s1. The van der Waals surface area contributed by atoms with Crippen molar-refractivity contribution >= 4 is 50.7 Å². The van der Waals surface area contributed by atoms with Gasteiger partial charge in [-0.1, -0.05) is 102 Å². The number of sulfonamides is 1. The molecule has 4 aromatic carbocycles. The van der Waals surface area contributed by atoms with Crippen LogP contribution in [0.2, 0.25) is 10.0 Å². The first-order chi connectivity index (χ1) is 21.5. The van der Waals surface area contributed by atoms with Crippen LogP contribution in [0.1, 0.15) is 37.0 Å². The molecule has 2 atom stereocenters. The fourth-order valence-electron chi connectivity index (χ4n) is 4.81. The molecule has 0 bridgehead atoms. The van der Waals surface area contributed by atoms with Crippen LogP contribution in [-0.2, 0) is 32.6 Å². The first-order valence-electron chi connectivity index (χ1n) is 14.7. The van der Waals surface area contributed by atoms with Gasteiger partial charge < -0.3 is 10.2 Å². The smallest absolute Gasteiger partial charge is 0.264 e. The normalized spacial score (nSPS) is 12.6. The van der Waals surface area contributed by atoms with Gasteiger partial charge in [-0.05, 0) is 62.2 Å². The lowest BCUT2D eigenvalue weighted by Gasteiger charge is -2.34. The maximum Gasteiger partial charge on any atom is 0.264 e.